The number of thiophene rings is 1. The summed E-state index contributed by atoms with van der Waals surface area (Å²) in [4.78, 5) is 30.3. The summed E-state index contributed by atoms with van der Waals surface area (Å²) < 4.78 is 10.1. The lowest BCUT2D eigenvalue weighted by atomic mass is 9.93. The van der Waals surface area contributed by atoms with E-state index in [1.807, 2.05) is 29.2 Å². The highest BCUT2D eigenvalue weighted by Crippen LogP contribution is 2.38. The molecule has 3 rings (SSSR count). The first-order valence-electron chi connectivity index (χ1n) is 9.42. The fourth-order valence-electron chi connectivity index (χ4n) is 3.55. The minimum absolute atomic E-state index is 0.00485. The third-order valence-electron chi connectivity index (χ3n) is 4.98. The van der Waals surface area contributed by atoms with Crippen LogP contribution in [-0.2, 0) is 25.5 Å². The van der Waals surface area contributed by atoms with Gasteiger partial charge in [0.1, 0.15) is 6.61 Å². The number of ether oxygens (including phenoxy) is 2. The quantitative estimate of drug-likeness (QED) is 0.638. The smallest absolute Gasteiger partial charge is 0.249 e. The van der Waals surface area contributed by atoms with Crippen LogP contribution in [0.3, 0.4) is 0 Å². The largest absolute Gasteiger partial charge is 0.383 e. The number of rotatable bonds is 8. The zero-order chi connectivity index (χ0) is 20.8. The summed E-state index contributed by atoms with van der Waals surface area (Å²) in [6.45, 7) is 1.24. The number of benzene rings is 1. The molecule has 0 N–H and O–H groups in total. The maximum absolute atomic E-state index is 13.3. The van der Waals surface area contributed by atoms with E-state index < -0.39 is 0 Å². The van der Waals surface area contributed by atoms with Gasteiger partial charge in [0.05, 0.1) is 19.2 Å². The molecule has 0 saturated carbocycles. The van der Waals surface area contributed by atoms with E-state index in [0.717, 1.165) is 17.5 Å². The van der Waals surface area contributed by atoms with Crippen LogP contribution in [0.2, 0.25) is 5.02 Å². The van der Waals surface area contributed by atoms with Gasteiger partial charge < -0.3 is 19.3 Å². The van der Waals surface area contributed by atoms with Crippen molar-refractivity contribution < 1.29 is 19.1 Å². The second kappa shape index (κ2) is 10.2. The normalized spacial score (nSPS) is 15.8. The van der Waals surface area contributed by atoms with Crippen molar-refractivity contribution in [1.82, 2.24) is 9.80 Å². The number of fused-ring (bicyclic) bond motifs is 1. The topological polar surface area (TPSA) is 59.1 Å². The molecule has 29 heavy (non-hydrogen) atoms. The van der Waals surface area contributed by atoms with Crippen molar-refractivity contribution in [3.8, 4) is 0 Å². The summed E-state index contributed by atoms with van der Waals surface area (Å²) in [5, 5.41) is 2.72. The van der Waals surface area contributed by atoms with Crippen molar-refractivity contribution in [2.75, 3.05) is 47.1 Å². The average Bonchev–Trinajstić information content (AvgIpc) is 3.20. The zero-order valence-electron chi connectivity index (χ0n) is 16.6. The number of amides is 2. The van der Waals surface area contributed by atoms with Crippen molar-refractivity contribution in [1.29, 1.82) is 0 Å². The van der Waals surface area contributed by atoms with Gasteiger partial charge in [-0.05, 0) is 41.1 Å². The Kier molecular flexibility index (Phi) is 7.66. The summed E-state index contributed by atoms with van der Waals surface area (Å²) in [5.41, 5.74) is 2.15. The molecule has 1 aliphatic rings. The first-order valence-corrected chi connectivity index (χ1v) is 10.7. The molecule has 2 amide bonds. The molecule has 8 heteroatoms. The molecular weight excluding hydrogens is 412 g/mol. The van der Waals surface area contributed by atoms with E-state index in [2.05, 4.69) is 11.4 Å². The molecule has 1 atom stereocenters. The van der Waals surface area contributed by atoms with E-state index in [1.165, 1.54) is 16.9 Å². The van der Waals surface area contributed by atoms with E-state index >= 15 is 0 Å². The van der Waals surface area contributed by atoms with E-state index in [9.17, 15) is 9.59 Å². The molecule has 0 aliphatic carbocycles. The van der Waals surface area contributed by atoms with Crippen LogP contribution in [0.1, 0.15) is 22.0 Å². The van der Waals surface area contributed by atoms with Gasteiger partial charge in [0.2, 0.25) is 11.8 Å². The molecule has 6 nitrogen and oxygen atoms in total. The fourth-order valence-corrected chi connectivity index (χ4v) is 4.58. The molecule has 2 heterocycles. The lowest BCUT2D eigenvalue weighted by Crippen LogP contribution is -2.48. The Labute approximate surface area is 180 Å². The van der Waals surface area contributed by atoms with E-state index in [0.29, 0.717) is 24.7 Å². The molecular formula is C21H25ClN2O4S. The number of halogens is 1. The van der Waals surface area contributed by atoms with Crippen LogP contribution >= 0.6 is 22.9 Å². The van der Waals surface area contributed by atoms with Gasteiger partial charge in [0.15, 0.2) is 0 Å². The Balaban J connectivity index is 1.85. The molecule has 156 valence electrons. The minimum atomic E-state index is -0.228. The number of hydrogen-bond acceptors (Lipinski definition) is 5. The maximum Gasteiger partial charge on any atom is 0.249 e. The van der Waals surface area contributed by atoms with Gasteiger partial charge in [-0.1, -0.05) is 23.7 Å². The lowest BCUT2D eigenvalue weighted by molar-refractivity contribution is -0.144. The highest BCUT2D eigenvalue weighted by molar-refractivity contribution is 7.10. The summed E-state index contributed by atoms with van der Waals surface area (Å²) in [6, 6.07) is 9.49. The second-order valence-corrected chi connectivity index (χ2v) is 8.27. The van der Waals surface area contributed by atoms with Gasteiger partial charge in [0, 0.05) is 37.2 Å². The number of methoxy groups -OCH3 is 2. The van der Waals surface area contributed by atoms with Gasteiger partial charge in [-0.3, -0.25) is 9.59 Å². The number of carbonyl (C=O) groups excluding carboxylic acids is 2. The predicted molar refractivity (Wildman–Crippen MR) is 113 cm³/mol. The highest BCUT2D eigenvalue weighted by atomic mass is 35.5. The zero-order valence-corrected chi connectivity index (χ0v) is 18.2. The van der Waals surface area contributed by atoms with Crippen LogP contribution in [0, 0.1) is 0 Å². The Hall–Kier alpha value is -1.93. The lowest BCUT2D eigenvalue weighted by Gasteiger charge is -2.37. The Bertz CT molecular complexity index is 839. The third kappa shape index (κ3) is 5.17. The first kappa shape index (κ1) is 21.8. The van der Waals surface area contributed by atoms with Gasteiger partial charge in [-0.25, -0.2) is 0 Å². The van der Waals surface area contributed by atoms with Crippen LogP contribution in [0.15, 0.2) is 35.7 Å². The number of nitrogens with zero attached hydrogens (tertiary/aromatic N) is 2. The molecule has 0 fully saturated rings. The van der Waals surface area contributed by atoms with Crippen LogP contribution in [0.25, 0.3) is 0 Å². The molecule has 1 aromatic heterocycles. The molecule has 0 spiro atoms. The van der Waals surface area contributed by atoms with Gasteiger partial charge in [-0.15, -0.1) is 11.3 Å². The molecule has 1 aromatic carbocycles. The van der Waals surface area contributed by atoms with Gasteiger partial charge >= 0.3 is 0 Å². The molecule has 0 saturated heterocycles. The fraction of sp³-hybridized carbons (Fsp3) is 0.429. The Morgan fingerprint density at radius 3 is 2.66 bits per heavy atom. The Morgan fingerprint density at radius 2 is 1.97 bits per heavy atom. The monoisotopic (exact) mass is 436 g/mol. The molecule has 2 aromatic rings. The summed E-state index contributed by atoms with van der Waals surface area (Å²) in [6.07, 6.45) is 0.812. The molecule has 0 radical (unpaired) electrons. The molecule has 0 bridgehead atoms. The van der Waals surface area contributed by atoms with Crippen LogP contribution in [0.5, 0.6) is 0 Å². The van der Waals surface area contributed by atoms with Gasteiger partial charge in [-0.2, -0.15) is 0 Å². The summed E-state index contributed by atoms with van der Waals surface area (Å²) in [7, 11) is 3.04. The van der Waals surface area contributed by atoms with E-state index in [4.69, 9.17) is 21.1 Å². The van der Waals surface area contributed by atoms with Crippen molar-refractivity contribution in [2.45, 2.75) is 12.5 Å². The molecule has 1 aliphatic heterocycles. The van der Waals surface area contributed by atoms with Crippen LogP contribution in [0.4, 0.5) is 0 Å². The van der Waals surface area contributed by atoms with E-state index in [-0.39, 0.29) is 31.0 Å². The first-order chi connectivity index (χ1) is 14.0. The third-order valence-corrected chi connectivity index (χ3v) is 6.23. The van der Waals surface area contributed by atoms with Crippen LogP contribution < -0.4 is 0 Å². The van der Waals surface area contributed by atoms with Crippen molar-refractivity contribution in [2.24, 2.45) is 0 Å². The summed E-state index contributed by atoms with van der Waals surface area (Å²) in [5.74, 6) is -0.323. The minimum Gasteiger partial charge on any atom is -0.383 e. The molecule has 1 unspecified atom stereocenters. The van der Waals surface area contributed by atoms with Crippen LogP contribution in [-0.4, -0.2) is 68.7 Å². The Morgan fingerprint density at radius 1 is 1.21 bits per heavy atom. The highest BCUT2D eigenvalue weighted by Gasteiger charge is 2.33. The number of hydrogen-bond donors (Lipinski definition) is 0. The number of carbonyl (C=O) groups is 2. The second-order valence-electron chi connectivity index (χ2n) is 6.83. The van der Waals surface area contributed by atoms with Crippen molar-refractivity contribution in [3.05, 3.63) is 56.7 Å². The van der Waals surface area contributed by atoms with E-state index in [1.54, 1.807) is 18.4 Å². The summed E-state index contributed by atoms with van der Waals surface area (Å²) >= 11 is 7.78. The van der Waals surface area contributed by atoms with Crippen molar-refractivity contribution in [3.63, 3.8) is 0 Å². The SMILES string of the molecule is COCCN(CC(=O)N1CCc2sccc2C1c1ccc(Cl)cc1)C(=O)COC. The maximum atomic E-state index is 13.3. The average molecular weight is 437 g/mol. The standard InChI is InChI=1S/C21H25ClN2O4S/c1-27-11-10-23(20(26)14-28-2)13-19(25)24-9-7-18-17(8-12-29-18)21(24)15-3-5-16(22)6-4-15/h3-6,8,12,21H,7,9-11,13-14H2,1-2H3. The van der Waals surface area contributed by atoms with Crippen molar-refractivity contribution >= 4 is 34.8 Å². The van der Waals surface area contributed by atoms with Gasteiger partial charge in [0.25, 0.3) is 0 Å². The predicted octanol–water partition coefficient (Wildman–Crippen LogP) is 3.00.